The van der Waals surface area contributed by atoms with E-state index in [-0.39, 0.29) is 0 Å². The van der Waals surface area contributed by atoms with Gasteiger partial charge in [-0.1, -0.05) is 24.3 Å². The molecule has 31 heavy (non-hydrogen) atoms. The number of rotatable bonds is 7. The number of fused-ring (bicyclic) bond motifs is 1. The maximum Gasteiger partial charge on any atom is 0.173 e. The molecule has 0 aliphatic carbocycles. The van der Waals surface area contributed by atoms with Crippen LogP contribution in [-0.4, -0.2) is 33.6 Å². The van der Waals surface area contributed by atoms with E-state index in [1.54, 1.807) is 7.11 Å². The lowest BCUT2D eigenvalue weighted by atomic mass is 10.1. The Bertz CT molecular complexity index is 1160. The second-order valence-corrected chi connectivity index (χ2v) is 7.82. The SMILES string of the molecule is COc1ccc2[nH]c(C)c(CCN(Cc3ccccn3)C(=S)Nc3ccccc3)c2c1. The minimum atomic E-state index is 0.643. The van der Waals surface area contributed by atoms with Crippen molar-refractivity contribution in [2.45, 2.75) is 19.9 Å². The Hall–Kier alpha value is -3.38. The summed E-state index contributed by atoms with van der Waals surface area (Å²) < 4.78 is 5.43. The first-order chi connectivity index (χ1) is 15.1. The summed E-state index contributed by atoms with van der Waals surface area (Å²) in [6, 6.07) is 22.1. The van der Waals surface area contributed by atoms with Crippen LogP contribution in [-0.2, 0) is 13.0 Å². The number of hydrogen-bond acceptors (Lipinski definition) is 3. The van der Waals surface area contributed by atoms with Crippen molar-refractivity contribution in [3.8, 4) is 5.75 Å². The molecule has 6 heteroatoms. The van der Waals surface area contributed by atoms with Crippen molar-refractivity contribution < 1.29 is 4.74 Å². The van der Waals surface area contributed by atoms with Gasteiger partial charge in [0.2, 0.25) is 0 Å². The molecule has 0 saturated heterocycles. The Balaban J connectivity index is 1.56. The third kappa shape index (κ3) is 5.03. The van der Waals surface area contributed by atoms with Crippen molar-refractivity contribution in [1.82, 2.24) is 14.9 Å². The highest BCUT2D eigenvalue weighted by Gasteiger charge is 2.15. The number of nitrogens with one attached hydrogen (secondary N) is 2. The number of aromatic nitrogens is 2. The minimum absolute atomic E-state index is 0.643. The number of hydrogen-bond donors (Lipinski definition) is 2. The number of nitrogens with zero attached hydrogens (tertiary/aromatic N) is 2. The molecule has 0 radical (unpaired) electrons. The summed E-state index contributed by atoms with van der Waals surface area (Å²) in [6.07, 6.45) is 2.67. The first-order valence-corrected chi connectivity index (χ1v) is 10.7. The normalized spacial score (nSPS) is 10.8. The fourth-order valence-electron chi connectivity index (χ4n) is 3.72. The molecule has 0 spiro atoms. The lowest BCUT2D eigenvalue weighted by molar-refractivity contribution is 0.415. The lowest BCUT2D eigenvalue weighted by Crippen LogP contribution is -2.36. The fraction of sp³-hybridized carbons (Fsp3) is 0.200. The number of aryl methyl sites for hydroxylation is 1. The smallest absolute Gasteiger partial charge is 0.173 e. The van der Waals surface area contributed by atoms with Gasteiger partial charge in [-0.25, -0.2) is 0 Å². The number of benzene rings is 2. The van der Waals surface area contributed by atoms with E-state index in [2.05, 4.69) is 39.2 Å². The van der Waals surface area contributed by atoms with Gasteiger partial charge in [0, 0.05) is 35.0 Å². The summed E-state index contributed by atoms with van der Waals surface area (Å²) in [5, 5.41) is 5.24. The molecule has 0 fully saturated rings. The molecule has 2 aromatic heterocycles. The highest BCUT2D eigenvalue weighted by molar-refractivity contribution is 7.80. The number of H-pyrrole nitrogens is 1. The van der Waals surface area contributed by atoms with Gasteiger partial charge in [-0.05, 0) is 73.6 Å². The maximum absolute atomic E-state index is 5.78. The number of thiocarbonyl (C=S) groups is 1. The summed E-state index contributed by atoms with van der Waals surface area (Å²) >= 11 is 5.78. The van der Waals surface area contributed by atoms with E-state index >= 15 is 0 Å². The van der Waals surface area contributed by atoms with Crippen LogP contribution in [0.2, 0.25) is 0 Å². The molecule has 4 aromatic rings. The van der Waals surface area contributed by atoms with Gasteiger partial charge in [-0.3, -0.25) is 4.98 Å². The van der Waals surface area contributed by atoms with Crippen molar-refractivity contribution in [3.63, 3.8) is 0 Å². The maximum atomic E-state index is 5.78. The topological polar surface area (TPSA) is 53.2 Å². The van der Waals surface area contributed by atoms with Crippen LogP contribution < -0.4 is 10.1 Å². The van der Waals surface area contributed by atoms with Crippen LogP contribution in [0.25, 0.3) is 10.9 Å². The molecule has 0 aliphatic heterocycles. The van der Waals surface area contributed by atoms with E-state index in [0.717, 1.165) is 35.6 Å². The van der Waals surface area contributed by atoms with Gasteiger partial charge < -0.3 is 19.9 Å². The van der Waals surface area contributed by atoms with E-state index < -0.39 is 0 Å². The van der Waals surface area contributed by atoms with Crippen LogP contribution in [0.15, 0.2) is 72.9 Å². The van der Waals surface area contributed by atoms with Crippen LogP contribution in [0.4, 0.5) is 5.69 Å². The third-order valence-electron chi connectivity index (χ3n) is 5.35. The predicted octanol–water partition coefficient (Wildman–Crippen LogP) is 5.32. The van der Waals surface area contributed by atoms with Gasteiger partial charge in [0.1, 0.15) is 5.75 Å². The molecule has 0 saturated carbocycles. The van der Waals surface area contributed by atoms with Gasteiger partial charge in [-0.2, -0.15) is 0 Å². The molecule has 0 amide bonds. The monoisotopic (exact) mass is 430 g/mol. The number of para-hydroxylation sites is 1. The Kier molecular flexibility index (Phi) is 6.48. The van der Waals surface area contributed by atoms with E-state index in [0.29, 0.717) is 11.7 Å². The molecule has 0 unspecified atom stereocenters. The molecule has 2 N–H and O–H groups in total. The zero-order valence-corrected chi connectivity index (χ0v) is 18.6. The second kappa shape index (κ2) is 9.62. The molecule has 0 atom stereocenters. The standard InChI is InChI=1S/C25H26N4OS/c1-18-22(23-16-21(30-2)11-12-24(23)27-18)13-15-29(17-20-10-6-7-14-26-20)25(31)28-19-8-4-3-5-9-19/h3-12,14,16,27H,13,15,17H2,1-2H3,(H,28,31). The molecule has 2 aromatic carbocycles. The van der Waals surface area contributed by atoms with E-state index in [9.17, 15) is 0 Å². The highest BCUT2D eigenvalue weighted by Crippen LogP contribution is 2.27. The number of methoxy groups -OCH3 is 1. The number of ether oxygens (including phenoxy) is 1. The minimum Gasteiger partial charge on any atom is -0.497 e. The molecule has 5 nitrogen and oxygen atoms in total. The van der Waals surface area contributed by atoms with Crippen molar-refractivity contribution in [3.05, 3.63) is 89.9 Å². The third-order valence-corrected chi connectivity index (χ3v) is 5.71. The van der Waals surface area contributed by atoms with Crippen LogP contribution >= 0.6 is 12.2 Å². The number of aromatic amines is 1. The van der Waals surface area contributed by atoms with Gasteiger partial charge >= 0.3 is 0 Å². The Morgan fingerprint density at radius 3 is 2.65 bits per heavy atom. The Morgan fingerprint density at radius 2 is 1.90 bits per heavy atom. The molecule has 158 valence electrons. The average Bonchev–Trinajstić information content (AvgIpc) is 3.12. The van der Waals surface area contributed by atoms with Gasteiger partial charge in [-0.15, -0.1) is 0 Å². The highest BCUT2D eigenvalue weighted by atomic mass is 32.1. The van der Waals surface area contributed by atoms with Gasteiger partial charge in [0.05, 0.1) is 19.3 Å². The van der Waals surface area contributed by atoms with Crippen molar-refractivity contribution >= 4 is 33.9 Å². The predicted molar refractivity (Wildman–Crippen MR) is 131 cm³/mol. The fourth-order valence-corrected chi connectivity index (χ4v) is 3.99. The summed E-state index contributed by atoms with van der Waals surface area (Å²) in [5.41, 5.74) is 5.53. The average molecular weight is 431 g/mol. The van der Waals surface area contributed by atoms with Gasteiger partial charge in [0.25, 0.3) is 0 Å². The summed E-state index contributed by atoms with van der Waals surface area (Å²) in [4.78, 5) is 10.1. The summed E-state index contributed by atoms with van der Waals surface area (Å²) in [6.45, 7) is 3.52. The number of anilines is 1. The Labute approximate surface area is 188 Å². The molecule has 2 heterocycles. The first kappa shape index (κ1) is 20.9. The van der Waals surface area contributed by atoms with E-state index in [1.165, 1.54) is 16.6 Å². The quantitative estimate of drug-likeness (QED) is 0.389. The second-order valence-electron chi connectivity index (χ2n) is 7.43. The molecule has 0 bridgehead atoms. The van der Waals surface area contributed by atoms with Gasteiger partial charge in [0.15, 0.2) is 5.11 Å². The van der Waals surface area contributed by atoms with Crippen LogP contribution in [0, 0.1) is 6.92 Å². The van der Waals surface area contributed by atoms with Crippen molar-refractivity contribution in [1.29, 1.82) is 0 Å². The molecule has 0 aliphatic rings. The number of pyridine rings is 1. The zero-order chi connectivity index (χ0) is 21.6. The molecule has 4 rings (SSSR count). The zero-order valence-electron chi connectivity index (χ0n) is 17.8. The van der Waals surface area contributed by atoms with E-state index in [1.807, 2.05) is 60.8 Å². The molecular weight excluding hydrogens is 404 g/mol. The van der Waals surface area contributed by atoms with Crippen molar-refractivity contribution in [2.75, 3.05) is 19.0 Å². The van der Waals surface area contributed by atoms with Crippen LogP contribution in [0.1, 0.15) is 17.0 Å². The van der Waals surface area contributed by atoms with E-state index in [4.69, 9.17) is 17.0 Å². The summed E-state index contributed by atoms with van der Waals surface area (Å²) in [7, 11) is 1.70. The van der Waals surface area contributed by atoms with Crippen LogP contribution in [0.3, 0.4) is 0 Å². The Morgan fingerprint density at radius 1 is 1.10 bits per heavy atom. The largest absolute Gasteiger partial charge is 0.497 e. The first-order valence-electron chi connectivity index (χ1n) is 10.3. The molecular formula is C25H26N4OS. The lowest BCUT2D eigenvalue weighted by Gasteiger charge is -2.26. The summed E-state index contributed by atoms with van der Waals surface area (Å²) in [5.74, 6) is 0.861. The van der Waals surface area contributed by atoms with Crippen molar-refractivity contribution in [2.24, 2.45) is 0 Å². The van der Waals surface area contributed by atoms with Crippen LogP contribution in [0.5, 0.6) is 5.75 Å².